The lowest BCUT2D eigenvalue weighted by Crippen LogP contribution is -2.52. The Morgan fingerprint density at radius 2 is 1.86 bits per heavy atom. The highest BCUT2D eigenvalue weighted by molar-refractivity contribution is 5.74. The number of hydrogen-bond donors (Lipinski definition) is 1. The van der Waals surface area contributed by atoms with Crippen LogP contribution >= 0.6 is 0 Å². The Bertz CT molecular complexity index is 498. The second kappa shape index (κ2) is 6.54. The molecular formula is C15H27N5O2. The van der Waals surface area contributed by atoms with Crippen LogP contribution < -0.4 is 10.2 Å². The zero-order chi connectivity index (χ0) is 16.3. The van der Waals surface area contributed by atoms with Gasteiger partial charge in [0.05, 0.1) is 0 Å². The number of urea groups is 1. The van der Waals surface area contributed by atoms with Crippen molar-refractivity contribution in [3.63, 3.8) is 0 Å². The first-order valence-electron chi connectivity index (χ1n) is 7.87. The van der Waals surface area contributed by atoms with Gasteiger partial charge in [0.2, 0.25) is 5.89 Å². The monoisotopic (exact) mass is 309 g/mol. The second-order valence-corrected chi connectivity index (χ2v) is 7.27. The lowest BCUT2D eigenvalue weighted by molar-refractivity contribution is 0.188. The van der Waals surface area contributed by atoms with Gasteiger partial charge in [0.15, 0.2) is 0 Å². The number of nitrogens with one attached hydrogen (secondary N) is 1. The predicted octanol–water partition coefficient (Wildman–Crippen LogP) is 2.07. The Hall–Kier alpha value is -1.79. The molecule has 7 heteroatoms. The molecule has 1 aromatic heterocycles. The van der Waals surface area contributed by atoms with Gasteiger partial charge in [0.25, 0.3) is 0 Å². The molecule has 0 radical (unpaired) electrons. The van der Waals surface area contributed by atoms with Crippen LogP contribution in [0.3, 0.4) is 0 Å². The topological polar surface area (TPSA) is 74.5 Å². The van der Waals surface area contributed by atoms with Crippen molar-refractivity contribution < 1.29 is 9.21 Å². The van der Waals surface area contributed by atoms with E-state index in [0.717, 1.165) is 0 Å². The molecule has 0 bridgehead atoms. The smallest absolute Gasteiger partial charge is 0.318 e. The van der Waals surface area contributed by atoms with E-state index >= 15 is 0 Å². The van der Waals surface area contributed by atoms with Crippen LogP contribution in [0.5, 0.6) is 0 Å². The van der Waals surface area contributed by atoms with Gasteiger partial charge in [-0.3, -0.25) is 0 Å². The maximum absolute atomic E-state index is 12.1. The normalized spacial score (nSPS) is 16.3. The Kier molecular flexibility index (Phi) is 4.93. The molecule has 1 aliphatic heterocycles. The van der Waals surface area contributed by atoms with Crippen LogP contribution in [-0.4, -0.2) is 53.9 Å². The number of amides is 2. The van der Waals surface area contributed by atoms with E-state index in [-0.39, 0.29) is 17.4 Å². The van der Waals surface area contributed by atoms with Crippen molar-refractivity contribution in [1.29, 1.82) is 0 Å². The average Bonchev–Trinajstić information content (AvgIpc) is 2.94. The summed E-state index contributed by atoms with van der Waals surface area (Å²) < 4.78 is 5.66. The van der Waals surface area contributed by atoms with E-state index in [2.05, 4.69) is 36.3 Å². The van der Waals surface area contributed by atoms with Gasteiger partial charge in [-0.15, -0.1) is 5.10 Å². The van der Waals surface area contributed by atoms with E-state index in [9.17, 15) is 4.79 Å². The summed E-state index contributed by atoms with van der Waals surface area (Å²) in [7, 11) is 0. The Morgan fingerprint density at radius 1 is 1.23 bits per heavy atom. The maximum atomic E-state index is 12.1. The lowest BCUT2D eigenvalue weighted by Gasteiger charge is -2.34. The maximum Gasteiger partial charge on any atom is 0.318 e. The molecule has 2 amide bonds. The first kappa shape index (κ1) is 16.6. The highest BCUT2D eigenvalue weighted by atomic mass is 16.4. The van der Waals surface area contributed by atoms with Gasteiger partial charge in [-0.1, -0.05) is 39.7 Å². The minimum atomic E-state index is 0.00275. The fourth-order valence-electron chi connectivity index (χ4n) is 2.14. The Labute approximate surface area is 132 Å². The van der Waals surface area contributed by atoms with Crippen LogP contribution in [0, 0.1) is 5.41 Å². The van der Waals surface area contributed by atoms with E-state index in [0.29, 0.717) is 44.6 Å². The molecular weight excluding hydrogens is 282 g/mol. The number of aromatic nitrogens is 2. The highest BCUT2D eigenvalue weighted by Gasteiger charge is 2.25. The summed E-state index contributed by atoms with van der Waals surface area (Å²) >= 11 is 0. The molecule has 0 atom stereocenters. The summed E-state index contributed by atoms with van der Waals surface area (Å²) in [5.41, 5.74) is 0.0918. The van der Waals surface area contributed by atoms with Crippen LogP contribution in [0.4, 0.5) is 10.8 Å². The molecule has 0 spiro atoms. The van der Waals surface area contributed by atoms with Crippen molar-refractivity contribution in [1.82, 2.24) is 20.4 Å². The van der Waals surface area contributed by atoms with E-state index in [1.54, 1.807) is 0 Å². The minimum Gasteiger partial charge on any atom is -0.408 e. The Morgan fingerprint density at radius 3 is 2.36 bits per heavy atom. The SMILES string of the molecule is CC(C)c1nnc(N2CCN(C(=O)NCC(C)(C)C)CC2)o1. The summed E-state index contributed by atoms with van der Waals surface area (Å²) in [5, 5.41) is 11.1. The lowest BCUT2D eigenvalue weighted by atomic mass is 9.97. The number of rotatable bonds is 3. The van der Waals surface area contributed by atoms with Crippen LogP contribution in [0.15, 0.2) is 4.42 Å². The number of anilines is 1. The molecule has 0 aromatic carbocycles. The third-order valence-corrected chi connectivity index (χ3v) is 3.53. The van der Waals surface area contributed by atoms with Gasteiger partial charge in [0, 0.05) is 38.6 Å². The molecule has 2 rings (SSSR count). The first-order chi connectivity index (χ1) is 10.3. The minimum absolute atomic E-state index is 0.00275. The molecule has 1 fully saturated rings. The van der Waals surface area contributed by atoms with Gasteiger partial charge in [-0.05, 0) is 5.41 Å². The molecule has 0 saturated carbocycles. The van der Waals surface area contributed by atoms with Crippen LogP contribution in [0.2, 0.25) is 0 Å². The van der Waals surface area contributed by atoms with Gasteiger partial charge < -0.3 is 19.5 Å². The van der Waals surface area contributed by atoms with Crippen molar-refractivity contribution in [2.45, 2.75) is 40.5 Å². The van der Waals surface area contributed by atoms with E-state index in [1.807, 2.05) is 23.6 Å². The first-order valence-corrected chi connectivity index (χ1v) is 7.87. The Balaban J connectivity index is 1.83. The molecule has 2 heterocycles. The van der Waals surface area contributed by atoms with Gasteiger partial charge in [-0.2, -0.15) is 0 Å². The molecule has 1 saturated heterocycles. The summed E-state index contributed by atoms with van der Waals surface area (Å²) in [6.07, 6.45) is 0. The van der Waals surface area contributed by atoms with Gasteiger partial charge in [-0.25, -0.2) is 4.79 Å². The average molecular weight is 309 g/mol. The summed E-state index contributed by atoms with van der Waals surface area (Å²) in [6.45, 7) is 13.8. The fourth-order valence-corrected chi connectivity index (χ4v) is 2.14. The number of nitrogens with zero attached hydrogens (tertiary/aromatic N) is 4. The largest absolute Gasteiger partial charge is 0.408 e. The van der Waals surface area contributed by atoms with Gasteiger partial charge in [0.1, 0.15) is 0 Å². The molecule has 1 aliphatic rings. The highest BCUT2D eigenvalue weighted by Crippen LogP contribution is 2.19. The molecule has 22 heavy (non-hydrogen) atoms. The van der Waals surface area contributed by atoms with E-state index in [1.165, 1.54) is 0 Å². The van der Waals surface area contributed by atoms with Crippen molar-refractivity contribution in [3.8, 4) is 0 Å². The summed E-state index contributed by atoms with van der Waals surface area (Å²) in [4.78, 5) is 16.0. The zero-order valence-corrected chi connectivity index (χ0v) is 14.2. The van der Waals surface area contributed by atoms with Gasteiger partial charge >= 0.3 is 12.0 Å². The number of hydrogen-bond acceptors (Lipinski definition) is 5. The fraction of sp³-hybridized carbons (Fsp3) is 0.800. The van der Waals surface area contributed by atoms with Crippen molar-refractivity contribution in [3.05, 3.63) is 5.89 Å². The molecule has 0 aliphatic carbocycles. The van der Waals surface area contributed by atoms with Crippen LogP contribution in [0.1, 0.15) is 46.4 Å². The summed E-state index contributed by atoms with van der Waals surface area (Å²) in [5.74, 6) is 0.881. The number of piperazine rings is 1. The van der Waals surface area contributed by atoms with Crippen LogP contribution in [0.25, 0.3) is 0 Å². The van der Waals surface area contributed by atoms with Crippen molar-refractivity contribution >= 4 is 12.0 Å². The van der Waals surface area contributed by atoms with Crippen molar-refractivity contribution in [2.24, 2.45) is 5.41 Å². The molecule has 1 N–H and O–H groups in total. The van der Waals surface area contributed by atoms with E-state index in [4.69, 9.17) is 4.42 Å². The third-order valence-electron chi connectivity index (χ3n) is 3.53. The zero-order valence-electron chi connectivity index (χ0n) is 14.2. The summed E-state index contributed by atoms with van der Waals surface area (Å²) in [6, 6.07) is 0.557. The quantitative estimate of drug-likeness (QED) is 0.925. The van der Waals surface area contributed by atoms with Crippen LogP contribution in [-0.2, 0) is 0 Å². The number of carbonyl (C=O) groups is 1. The molecule has 0 unspecified atom stereocenters. The van der Waals surface area contributed by atoms with E-state index < -0.39 is 0 Å². The van der Waals surface area contributed by atoms with Crippen molar-refractivity contribution in [2.75, 3.05) is 37.6 Å². The third kappa shape index (κ3) is 4.35. The second-order valence-electron chi connectivity index (χ2n) is 7.27. The number of carbonyl (C=O) groups excluding carboxylic acids is 1. The molecule has 7 nitrogen and oxygen atoms in total. The molecule has 1 aromatic rings. The molecule has 124 valence electrons. The predicted molar refractivity (Wildman–Crippen MR) is 85.0 cm³/mol. The standard InChI is InChI=1S/C15H27N5O2/c1-11(2)12-17-18-14(22-12)20-8-6-19(7-9-20)13(21)16-10-15(3,4)5/h11H,6-10H2,1-5H3,(H,16,21).